The lowest BCUT2D eigenvalue weighted by Crippen LogP contribution is -2.44. The number of nitrogens with zero attached hydrogens (tertiary/aromatic N) is 1. The van der Waals surface area contributed by atoms with E-state index in [-0.39, 0.29) is 30.8 Å². The van der Waals surface area contributed by atoms with Crippen LogP contribution in [-0.2, 0) is 31.1 Å². The van der Waals surface area contributed by atoms with Gasteiger partial charge in [-0.1, -0.05) is 25.5 Å². The maximum absolute atomic E-state index is 12.7. The van der Waals surface area contributed by atoms with Crippen molar-refractivity contribution in [2.75, 3.05) is 25.9 Å². The van der Waals surface area contributed by atoms with E-state index in [0.717, 1.165) is 18.4 Å². The standard InChI is InChI=1S/C17H26N2O5S2/c1-3-4-14-5-7-16(8-6-14)26(23,24)19-11-9-15(10-12-19)25(21,22)13-17(20)18-2/h5-8,15H,3-4,9-13H2,1-2H3,(H,18,20). The molecule has 9 heteroatoms. The van der Waals surface area contributed by atoms with Gasteiger partial charge in [0.1, 0.15) is 5.75 Å². The van der Waals surface area contributed by atoms with Gasteiger partial charge in [0.05, 0.1) is 10.1 Å². The summed E-state index contributed by atoms with van der Waals surface area (Å²) < 4.78 is 51.3. The molecule has 1 aromatic rings. The SMILES string of the molecule is CCCc1ccc(S(=O)(=O)N2CCC(S(=O)(=O)CC(=O)NC)CC2)cc1. The van der Waals surface area contributed by atoms with Gasteiger partial charge in [0.2, 0.25) is 15.9 Å². The van der Waals surface area contributed by atoms with Crippen LogP contribution in [0.4, 0.5) is 0 Å². The Morgan fingerprint density at radius 2 is 1.69 bits per heavy atom. The van der Waals surface area contributed by atoms with Crippen molar-refractivity contribution in [2.24, 2.45) is 0 Å². The first-order chi connectivity index (χ1) is 12.2. The first-order valence-corrected chi connectivity index (χ1v) is 11.9. The monoisotopic (exact) mass is 402 g/mol. The van der Waals surface area contributed by atoms with E-state index in [2.05, 4.69) is 12.2 Å². The maximum atomic E-state index is 12.7. The average molecular weight is 403 g/mol. The fourth-order valence-electron chi connectivity index (χ4n) is 3.07. The number of hydrogen-bond donors (Lipinski definition) is 1. The minimum absolute atomic E-state index is 0.136. The molecular formula is C17H26N2O5S2. The number of rotatable bonds is 7. The van der Waals surface area contributed by atoms with Crippen LogP contribution in [0.5, 0.6) is 0 Å². The van der Waals surface area contributed by atoms with Gasteiger partial charge in [-0.3, -0.25) is 4.79 Å². The summed E-state index contributed by atoms with van der Waals surface area (Å²) in [5.41, 5.74) is 1.09. The molecule has 1 amide bonds. The molecule has 1 fully saturated rings. The fourth-order valence-corrected chi connectivity index (χ4v) is 6.21. The molecule has 0 spiro atoms. The zero-order valence-corrected chi connectivity index (χ0v) is 16.8. The summed E-state index contributed by atoms with van der Waals surface area (Å²) in [6, 6.07) is 6.84. The lowest BCUT2D eigenvalue weighted by Gasteiger charge is -2.30. The predicted octanol–water partition coefficient (Wildman–Crippen LogP) is 0.953. The van der Waals surface area contributed by atoms with E-state index in [9.17, 15) is 21.6 Å². The quantitative estimate of drug-likeness (QED) is 0.732. The minimum atomic E-state index is -3.63. The van der Waals surface area contributed by atoms with Gasteiger partial charge in [-0.05, 0) is 37.0 Å². The second-order valence-corrected chi connectivity index (χ2v) is 10.7. The number of benzene rings is 1. The smallest absolute Gasteiger partial charge is 0.243 e. The molecule has 1 aliphatic rings. The second kappa shape index (κ2) is 8.49. The Labute approximate surface area is 155 Å². The van der Waals surface area contributed by atoms with Crippen LogP contribution in [0.1, 0.15) is 31.7 Å². The van der Waals surface area contributed by atoms with Crippen LogP contribution >= 0.6 is 0 Å². The molecule has 0 aromatic heterocycles. The maximum Gasteiger partial charge on any atom is 0.243 e. The molecule has 0 saturated carbocycles. The normalized spacial score (nSPS) is 17.2. The van der Waals surface area contributed by atoms with Gasteiger partial charge in [-0.25, -0.2) is 16.8 Å². The predicted molar refractivity (Wildman–Crippen MR) is 100 cm³/mol. The van der Waals surface area contributed by atoms with Crippen LogP contribution in [0, 0.1) is 0 Å². The van der Waals surface area contributed by atoms with Crippen LogP contribution < -0.4 is 5.32 Å². The van der Waals surface area contributed by atoms with E-state index >= 15 is 0 Å². The van der Waals surface area contributed by atoms with Gasteiger partial charge in [0.15, 0.2) is 9.84 Å². The van der Waals surface area contributed by atoms with Gasteiger partial charge in [-0.2, -0.15) is 4.31 Å². The lowest BCUT2D eigenvalue weighted by atomic mass is 10.1. The van der Waals surface area contributed by atoms with Crippen LogP contribution in [0.15, 0.2) is 29.2 Å². The van der Waals surface area contributed by atoms with E-state index in [1.165, 1.54) is 11.4 Å². The first kappa shape index (κ1) is 20.9. The van der Waals surface area contributed by atoms with E-state index in [1.807, 2.05) is 12.1 Å². The number of nitrogens with one attached hydrogen (secondary N) is 1. The molecule has 0 unspecified atom stereocenters. The van der Waals surface area contributed by atoms with Crippen molar-refractivity contribution in [1.29, 1.82) is 0 Å². The number of sulfone groups is 1. The van der Waals surface area contributed by atoms with E-state index < -0.39 is 36.8 Å². The van der Waals surface area contributed by atoms with Crippen molar-refractivity contribution in [1.82, 2.24) is 9.62 Å². The van der Waals surface area contributed by atoms with Gasteiger partial charge in [0, 0.05) is 20.1 Å². The highest BCUT2D eigenvalue weighted by atomic mass is 32.2. The molecule has 0 radical (unpaired) electrons. The van der Waals surface area contributed by atoms with Crippen LogP contribution in [0.2, 0.25) is 0 Å². The third kappa shape index (κ3) is 4.83. The van der Waals surface area contributed by atoms with Crippen molar-refractivity contribution in [3.63, 3.8) is 0 Å². The molecule has 0 aliphatic carbocycles. The molecule has 1 N–H and O–H groups in total. The average Bonchev–Trinajstić information content (AvgIpc) is 2.62. The highest BCUT2D eigenvalue weighted by molar-refractivity contribution is 7.92. The van der Waals surface area contributed by atoms with Crippen LogP contribution in [0.25, 0.3) is 0 Å². The highest BCUT2D eigenvalue weighted by Gasteiger charge is 2.35. The molecule has 7 nitrogen and oxygen atoms in total. The van der Waals surface area contributed by atoms with E-state index in [1.54, 1.807) is 12.1 Å². The molecule has 0 bridgehead atoms. The van der Waals surface area contributed by atoms with Gasteiger partial charge < -0.3 is 5.32 Å². The summed E-state index contributed by atoms with van der Waals surface area (Å²) in [6.07, 6.45) is 2.29. The summed E-state index contributed by atoms with van der Waals surface area (Å²) >= 11 is 0. The van der Waals surface area contributed by atoms with E-state index in [0.29, 0.717) is 0 Å². The molecule has 146 valence electrons. The number of aryl methyl sites for hydroxylation is 1. The summed E-state index contributed by atoms with van der Waals surface area (Å²) in [5, 5.41) is 1.62. The Bertz CT molecular complexity index is 824. The number of piperidine rings is 1. The number of hydrogen-bond acceptors (Lipinski definition) is 5. The zero-order chi connectivity index (χ0) is 19.4. The molecule has 1 aliphatic heterocycles. The third-order valence-electron chi connectivity index (χ3n) is 4.62. The molecule has 1 heterocycles. The summed E-state index contributed by atoms with van der Waals surface area (Å²) in [4.78, 5) is 11.6. The topological polar surface area (TPSA) is 101 Å². The molecule has 26 heavy (non-hydrogen) atoms. The Kier molecular flexibility index (Phi) is 6.81. The molecule has 1 aromatic carbocycles. The summed E-state index contributed by atoms with van der Waals surface area (Å²) in [5.74, 6) is -1.10. The molecule has 0 atom stereocenters. The van der Waals surface area contributed by atoms with Crippen molar-refractivity contribution < 1.29 is 21.6 Å². The van der Waals surface area contributed by atoms with Crippen LogP contribution in [0.3, 0.4) is 0 Å². The number of amides is 1. The minimum Gasteiger partial charge on any atom is -0.358 e. The summed E-state index contributed by atoms with van der Waals surface area (Å²) in [6.45, 7) is 2.33. The van der Waals surface area contributed by atoms with Gasteiger partial charge >= 0.3 is 0 Å². The molecule has 2 rings (SSSR count). The first-order valence-electron chi connectivity index (χ1n) is 8.72. The Morgan fingerprint density at radius 1 is 1.12 bits per heavy atom. The lowest BCUT2D eigenvalue weighted by molar-refractivity contribution is -0.118. The van der Waals surface area contributed by atoms with Gasteiger partial charge in [-0.15, -0.1) is 0 Å². The molecular weight excluding hydrogens is 376 g/mol. The Balaban J connectivity index is 2.05. The van der Waals surface area contributed by atoms with Crippen LogP contribution in [-0.4, -0.2) is 58.2 Å². The Hall–Kier alpha value is -1.45. The van der Waals surface area contributed by atoms with Crippen molar-refractivity contribution in [3.8, 4) is 0 Å². The third-order valence-corrected chi connectivity index (χ3v) is 8.68. The van der Waals surface area contributed by atoms with Crippen molar-refractivity contribution in [2.45, 2.75) is 42.8 Å². The zero-order valence-electron chi connectivity index (χ0n) is 15.1. The van der Waals surface area contributed by atoms with Gasteiger partial charge in [0.25, 0.3) is 0 Å². The largest absolute Gasteiger partial charge is 0.358 e. The number of sulfonamides is 1. The number of carbonyl (C=O) groups excluding carboxylic acids is 1. The number of carbonyl (C=O) groups is 1. The van der Waals surface area contributed by atoms with Crippen molar-refractivity contribution >= 4 is 25.8 Å². The second-order valence-electron chi connectivity index (χ2n) is 6.48. The Morgan fingerprint density at radius 3 is 2.19 bits per heavy atom. The summed E-state index contributed by atoms with van der Waals surface area (Å²) in [7, 11) is -5.82. The molecule has 1 saturated heterocycles. The highest BCUT2D eigenvalue weighted by Crippen LogP contribution is 2.24. The van der Waals surface area contributed by atoms with E-state index in [4.69, 9.17) is 0 Å². The van der Waals surface area contributed by atoms with Crippen molar-refractivity contribution in [3.05, 3.63) is 29.8 Å². The fraction of sp³-hybridized carbons (Fsp3) is 0.588.